The zero-order chi connectivity index (χ0) is 16.8. The van der Waals surface area contributed by atoms with Gasteiger partial charge in [0.25, 0.3) is 0 Å². The van der Waals surface area contributed by atoms with Crippen molar-refractivity contribution in [1.29, 1.82) is 5.26 Å². The second-order valence-corrected chi connectivity index (χ2v) is 5.71. The van der Waals surface area contributed by atoms with Gasteiger partial charge in [0.15, 0.2) is 0 Å². The van der Waals surface area contributed by atoms with Crippen LogP contribution in [0.15, 0.2) is 18.2 Å². The van der Waals surface area contributed by atoms with Crippen molar-refractivity contribution < 1.29 is 9.47 Å². The monoisotopic (exact) mass is 304 g/mol. The van der Waals surface area contributed by atoms with Crippen LogP contribution in [0.1, 0.15) is 46.6 Å². The lowest BCUT2D eigenvalue weighted by atomic mass is 9.67. The average Bonchev–Trinajstić information content (AvgIpc) is 2.48. The standard InChI is InChI=1S/C18H28N2O2/c1-6-17(20)18(12-19,13(4)5)14-9-15(21-7-2)11-16(10-14)22-8-3/h9-11,13,17H,6-8,20H2,1-5H3. The smallest absolute Gasteiger partial charge is 0.123 e. The zero-order valence-corrected chi connectivity index (χ0v) is 14.3. The molecule has 0 aromatic heterocycles. The Labute approximate surface area is 134 Å². The van der Waals surface area contributed by atoms with Crippen molar-refractivity contribution in [3.8, 4) is 17.6 Å². The molecular weight excluding hydrogens is 276 g/mol. The summed E-state index contributed by atoms with van der Waals surface area (Å²) in [5.41, 5.74) is 6.45. The van der Waals surface area contributed by atoms with Crippen molar-refractivity contribution in [1.82, 2.24) is 0 Å². The van der Waals surface area contributed by atoms with E-state index in [0.717, 1.165) is 12.0 Å². The van der Waals surface area contributed by atoms with Crippen LogP contribution < -0.4 is 15.2 Å². The summed E-state index contributed by atoms with van der Waals surface area (Å²) in [6.07, 6.45) is 0.731. The molecule has 0 fully saturated rings. The van der Waals surface area contributed by atoms with Crippen molar-refractivity contribution in [3.63, 3.8) is 0 Å². The minimum Gasteiger partial charge on any atom is -0.494 e. The molecule has 1 rings (SSSR count). The fraction of sp³-hybridized carbons (Fsp3) is 0.611. The maximum Gasteiger partial charge on any atom is 0.123 e. The van der Waals surface area contributed by atoms with Gasteiger partial charge in [-0.2, -0.15) is 5.26 Å². The van der Waals surface area contributed by atoms with Crippen LogP contribution in [0.5, 0.6) is 11.5 Å². The zero-order valence-electron chi connectivity index (χ0n) is 14.3. The molecule has 0 spiro atoms. The third kappa shape index (κ3) is 3.53. The first kappa shape index (κ1) is 18.3. The number of hydrogen-bond donors (Lipinski definition) is 1. The van der Waals surface area contributed by atoms with Crippen LogP contribution in [0.2, 0.25) is 0 Å². The molecule has 2 atom stereocenters. The van der Waals surface area contributed by atoms with E-state index < -0.39 is 5.41 Å². The largest absolute Gasteiger partial charge is 0.494 e. The first-order valence-corrected chi connectivity index (χ1v) is 8.04. The van der Waals surface area contributed by atoms with E-state index in [1.54, 1.807) is 0 Å². The van der Waals surface area contributed by atoms with Crippen molar-refractivity contribution in [2.75, 3.05) is 13.2 Å². The molecule has 0 radical (unpaired) electrons. The van der Waals surface area contributed by atoms with Crippen LogP contribution in [0.3, 0.4) is 0 Å². The van der Waals surface area contributed by atoms with E-state index in [4.69, 9.17) is 15.2 Å². The van der Waals surface area contributed by atoms with E-state index >= 15 is 0 Å². The van der Waals surface area contributed by atoms with E-state index in [9.17, 15) is 5.26 Å². The summed E-state index contributed by atoms with van der Waals surface area (Å²) in [7, 11) is 0. The van der Waals surface area contributed by atoms with Gasteiger partial charge in [0.2, 0.25) is 0 Å². The highest BCUT2D eigenvalue weighted by molar-refractivity contribution is 5.46. The van der Waals surface area contributed by atoms with E-state index in [1.165, 1.54) is 0 Å². The van der Waals surface area contributed by atoms with E-state index in [2.05, 4.69) is 6.07 Å². The Morgan fingerprint density at radius 3 is 1.91 bits per heavy atom. The summed E-state index contributed by atoms with van der Waals surface area (Å²) in [5.74, 6) is 1.51. The Kier molecular flexibility index (Phi) is 6.70. The van der Waals surface area contributed by atoms with Gasteiger partial charge >= 0.3 is 0 Å². The van der Waals surface area contributed by atoms with Crippen LogP contribution in [0, 0.1) is 17.2 Å². The van der Waals surface area contributed by atoms with Gasteiger partial charge in [-0.25, -0.2) is 0 Å². The summed E-state index contributed by atoms with van der Waals surface area (Å²) >= 11 is 0. The Hall–Kier alpha value is -1.73. The third-order valence-corrected chi connectivity index (χ3v) is 4.10. The quantitative estimate of drug-likeness (QED) is 0.796. The fourth-order valence-corrected chi connectivity index (χ4v) is 2.88. The fourth-order valence-electron chi connectivity index (χ4n) is 2.88. The topological polar surface area (TPSA) is 68.3 Å². The third-order valence-electron chi connectivity index (χ3n) is 4.10. The van der Waals surface area contributed by atoms with Gasteiger partial charge in [-0.3, -0.25) is 0 Å². The van der Waals surface area contributed by atoms with E-state index in [-0.39, 0.29) is 12.0 Å². The maximum absolute atomic E-state index is 9.93. The summed E-state index contributed by atoms with van der Waals surface area (Å²) in [4.78, 5) is 0. The summed E-state index contributed by atoms with van der Waals surface area (Å²) in [6.45, 7) is 11.1. The average molecular weight is 304 g/mol. The van der Waals surface area contributed by atoms with Gasteiger partial charge in [-0.05, 0) is 43.9 Å². The molecule has 0 aliphatic rings. The molecular formula is C18H28N2O2. The molecule has 2 unspecified atom stereocenters. The molecule has 0 saturated carbocycles. The normalized spacial score (nSPS) is 15.0. The number of rotatable bonds is 8. The van der Waals surface area contributed by atoms with Crippen molar-refractivity contribution in [2.45, 2.75) is 52.5 Å². The van der Waals surface area contributed by atoms with Crippen molar-refractivity contribution >= 4 is 0 Å². The number of benzene rings is 1. The molecule has 1 aromatic carbocycles. The SMILES string of the molecule is CCOc1cc(OCC)cc(C(C#N)(C(C)C)C(N)CC)c1. The van der Waals surface area contributed by atoms with Crippen LogP contribution in [-0.2, 0) is 5.41 Å². The van der Waals surface area contributed by atoms with Gasteiger partial charge in [-0.1, -0.05) is 20.8 Å². The molecule has 4 heteroatoms. The predicted molar refractivity (Wildman–Crippen MR) is 89.2 cm³/mol. The minimum atomic E-state index is -0.756. The lowest BCUT2D eigenvalue weighted by Crippen LogP contribution is -2.48. The lowest BCUT2D eigenvalue weighted by Gasteiger charge is -2.36. The summed E-state index contributed by atoms with van der Waals surface area (Å²) in [6, 6.07) is 7.94. The molecule has 0 amide bonds. The van der Waals surface area contributed by atoms with Crippen LogP contribution >= 0.6 is 0 Å². The Morgan fingerprint density at radius 2 is 1.59 bits per heavy atom. The predicted octanol–water partition coefficient (Wildman–Crippen LogP) is 3.64. The van der Waals surface area contributed by atoms with Gasteiger partial charge in [0.05, 0.1) is 24.7 Å². The van der Waals surface area contributed by atoms with Crippen molar-refractivity contribution in [3.05, 3.63) is 23.8 Å². The number of nitriles is 1. The molecule has 2 N–H and O–H groups in total. The number of ether oxygens (including phenoxy) is 2. The van der Waals surface area contributed by atoms with Crippen LogP contribution in [0.25, 0.3) is 0 Å². The molecule has 0 aliphatic heterocycles. The first-order valence-electron chi connectivity index (χ1n) is 8.04. The maximum atomic E-state index is 9.93. The van der Waals surface area contributed by atoms with Crippen LogP contribution in [-0.4, -0.2) is 19.3 Å². The highest BCUT2D eigenvalue weighted by atomic mass is 16.5. The molecule has 0 saturated heterocycles. The Balaban J connectivity index is 3.49. The second-order valence-electron chi connectivity index (χ2n) is 5.71. The summed E-state index contributed by atoms with van der Waals surface area (Å²) in [5, 5.41) is 9.93. The number of nitrogens with two attached hydrogens (primary N) is 1. The molecule has 4 nitrogen and oxygen atoms in total. The molecule has 0 aliphatic carbocycles. The second kappa shape index (κ2) is 8.05. The minimum absolute atomic E-state index is 0.0822. The molecule has 122 valence electrons. The molecule has 1 aromatic rings. The van der Waals surface area contributed by atoms with Crippen molar-refractivity contribution in [2.24, 2.45) is 11.7 Å². The van der Waals surface area contributed by atoms with Gasteiger partial charge in [0.1, 0.15) is 11.5 Å². The van der Waals surface area contributed by atoms with Gasteiger partial charge < -0.3 is 15.2 Å². The Bertz CT molecular complexity index is 498. The van der Waals surface area contributed by atoms with E-state index in [0.29, 0.717) is 24.7 Å². The van der Waals surface area contributed by atoms with Gasteiger partial charge in [0, 0.05) is 12.1 Å². The highest BCUT2D eigenvalue weighted by Crippen LogP contribution is 2.39. The first-order chi connectivity index (χ1) is 10.5. The molecule has 0 bridgehead atoms. The van der Waals surface area contributed by atoms with E-state index in [1.807, 2.05) is 52.8 Å². The highest BCUT2D eigenvalue weighted by Gasteiger charge is 2.41. The lowest BCUT2D eigenvalue weighted by molar-refractivity contribution is 0.303. The Morgan fingerprint density at radius 1 is 1.09 bits per heavy atom. The molecule has 0 heterocycles. The molecule has 22 heavy (non-hydrogen) atoms. The van der Waals surface area contributed by atoms with Gasteiger partial charge in [-0.15, -0.1) is 0 Å². The number of hydrogen-bond acceptors (Lipinski definition) is 4. The summed E-state index contributed by atoms with van der Waals surface area (Å²) < 4.78 is 11.3. The number of nitrogens with zero attached hydrogens (tertiary/aromatic N) is 1. The van der Waals surface area contributed by atoms with Crippen LogP contribution in [0.4, 0.5) is 0 Å².